The molecule has 0 saturated heterocycles. The van der Waals surface area contributed by atoms with E-state index in [4.69, 9.17) is 0 Å². The summed E-state index contributed by atoms with van der Waals surface area (Å²) in [4.78, 5) is 13.3. The van der Waals surface area contributed by atoms with E-state index >= 15 is 0 Å². The second-order valence-electron chi connectivity index (χ2n) is 12.0. The van der Waals surface area contributed by atoms with E-state index in [-0.39, 0.29) is 35.9 Å². The Hall–Kier alpha value is -0.710. The van der Waals surface area contributed by atoms with Crippen LogP contribution < -0.4 is 0 Å². The molecule has 4 aliphatic carbocycles. The molecule has 170 valence electrons. The standard InChI is InChI=1S/C26H42O4/c1-15(2)6-7-16(3)19-8-9-20-18-13-23(29)26(30)14-17(27)12-22(28)25(26,5)21(18)10-11-24(19,20)4/h6-7,15-22,27-28,30H,8-14H2,1-5H3/b7-6+/t16-,17+,18+,19-,20+,21+,22-,24-,25+,26+/m1/s1. The van der Waals surface area contributed by atoms with Crippen molar-refractivity contribution in [2.24, 2.45) is 46.3 Å². The lowest BCUT2D eigenvalue weighted by Crippen LogP contribution is -2.71. The van der Waals surface area contributed by atoms with Crippen LogP contribution in [0.4, 0.5) is 0 Å². The lowest BCUT2D eigenvalue weighted by Gasteiger charge is -2.64. The molecule has 4 aliphatic rings. The van der Waals surface area contributed by atoms with Gasteiger partial charge in [-0.1, -0.05) is 46.8 Å². The molecule has 0 spiro atoms. The summed E-state index contributed by atoms with van der Waals surface area (Å²) < 4.78 is 0. The van der Waals surface area contributed by atoms with Crippen molar-refractivity contribution in [3.63, 3.8) is 0 Å². The third kappa shape index (κ3) is 3.00. The number of Topliss-reactive ketones (excluding diaryl/α,β-unsaturated/α-hetero) is 1. The molecule has 0 heterocycles. The number of allylic oxidation sites excluding steroid dienone is 2. The van der Waals surface area contributed by atoms with Gasteiger partial charge in [0, 0.05) is 24.7 Å². The number of fused-ring (bicyclic) bond motifs is 5. The zero-order valence-electron chi connectivity index (χ0n) is 19.5. The molecular weight excluding hydrogens is 376 g/mol. The summed E-state index contributed by atoms with van der Waals surface area (Å²) >= 11 is 0. The highest BCUT2D eigenvalue weighted by Crippen LogP contribution is 2.68. The van der Waals surface area contributed by atoms with Gasteiger partial charge in [0.1, 0.15) is 5.60 Å². The largest absolute Gasteiger partial charge is 0.393 e. The zero-order chi connectivity index (χ0) is 22.1. The Balaban J connectivity index is 1.65. The summed E-state index contributed by atoms with van der Waals surface area (Å²) in [7, 11) is 0. The van der Waals surface area contributed by atoms with Crippen LogP contribution in [0.2, 0.25) is 0 Å². The van der Waals surface area contributed by atoms with Crippen LogP contribution in [0.15, 0.2) is 12.2 Å². The van der Waals surface area contributed by atoms with Gasteiger partial charge in [0.05, 0.1) is 12.2 Å². The highest BCUT2D eigenvalue weighted by Gasteiger charge is 2.70. The second-order valence-corrected chi connectivity index (χ2v) is 12.0. The monoisotopic (exact) mass is 418 g/mol. The third-order valence-corrected chi connectivity index (χ3v) is 10.2. The maximum Gasteiger partial charge on any atom is 0.165 e. The molecule has 0 radical (unpaired) electrons. The molecule has 0 aromatic rings. The normalized spacial score (nSPS) is 52.2. The quantitative estimate of drug-likeness (QED) is 0.603. The van der Waals surface area contributed by atoms with Crippen LogP contribution >= 0.6 is 0 Å². The summed E-state index contributed by atoms with van der Waals surface area (Å²) in [5, 5.41) is 32.7. The zero-order valence-corrected chi connectivity index (χ0v) is 19.5. The molecule has 0 aromatic carbocycles. The molecule has 0 aliphatic heterocycles. The fourth-order valence-electron chi connectivity index (χ4n) is 8.53. The van der Waals surface area contributed by atoms with E-state index in [0.717, 1.165) is 19.3 Å². The Morgan fingerprint density at radius 1 is 1.03 bits per heavy atom. The minimum atomic E-state index is -1.59. The lowest BCUT2D eigenvalue weighted by molar-refractivity contribution is -0.245. The van der Waals surface area contributed by atoms with E-state index in [9.17, 15) is 20.1 Å². The van der Waals surface area contributed by atoms with Gasteiger partial charge < -0.3 is 15.3 Å². The topological polar surface area (TPSA) is 77.8 Å². The molecule has 4 rings (SSSR count). The predicted molar refractivity (Wildman–Crippen MR) is 118 cm³/mol. The maximum atomic E-state index is 13.3. The van der Waals surface area contributed by atoms with E-state index in [0.29, 0.717) is 30.1 Å². The molecule has 4 nitrogen and oxygen atoms in total. The Morgan fingerprint density at radius 2 is 1.73 bits per heavy atom. The van der Waals surface area contributed by atoms with Crippen LogP contribution in [0.3, 0.4) is 0 Å². The first kappa shape index (κ1) is 22.5. The van der Waals surface area contributed by atoms with Crippen LogP contribution in [-0.2, 0) is 4.79 Å². The molecule has 4 heteroatoms. The molecule has 0 bridgehead atoms. The molecular formula is C26H42O4. The molecule has 10 atom stereocenters. The average Bonchev–Trinajstić information content (AvgIpc) is 3.01. The number of hydrogen-bond donors (Lipinski definition) is 3. The molecule has 4 fully saturated rings. The van der Waals surface area contributed by atoms with Crippen LogP contribution in [0.1, 0.15) is 79.6 Å². The van der Waals surface area contributed by atoms with Crippen LogP contribution in [-0.4, -0.2) is 38.9 Å². The van der Waals surface area contributed by atoms with E-state index in [2.05, 4.69) is 39.8 Å². The highest BCUT2D eigenvalue weighted by atomic mass is 16.3. The summed E-state index contributed by atoms with van der Waals surface area (Å²) in [5.41, 5.74) is -2.23. The van der Waals surface area contributed by atoms with Crippen molar-refractivity contribution in [3.05, 3.63) is 12.2 Å². The van der Waals surface area contributed by atoms with Gasteiger partial charge in [-0.2, -0.15) is 0 Å². The number of carbonyl (C=O) groups is 1. The summed E-state index contributed by atoms with van der Waals surface area (Å²) in [6, 6.07) is 0. The van der Waals surface area contributed by atoms with E-state index in [1.165, 1.54) is 6.42 Å². The van der Waals surface area contributed by atoms with Gasteiger partial charge in [-0.25, -0.2) is 0 Å². The van der Waals surface area contributed by atoms with Crippen molar-refractivity contribution in [1.29, 1.82) is 0 Å². The number of hydrogen-bond acceptors (Lipinski definition) is 4. The fraction of sp³-hybridized carbons (Fsp3) is 0.885. The Morgan fingerprint density at radius 3 is 2.40 bits per heavy atom. The van der Waals surface area contributed by atoms with Gasteiger partial charge in [0.2, 0.25) is 0 Å². The van der Waals surface area contributed by atoms with Gasteiger partial charge in [0.15, 0.2) is 5.78 Å². The van der Waals surface area contributed by atoms with Gasteiger partial charge in [-0.05, 0) is 66.6 Å². The number of ketones is 1. The first-order valence-electron chi connectivity index (χ1n) is 12.2. The van der Waals surface area contributed by atoms with Gasteiger partial charge in [-0.3, -0.25) is 4.79 Å². The Bertz CT molecular complexity index is 716. The van der Waals surface area contributed by atoms with Crippen molar-refractivity contribution >= 4 is 5.78 Å². The average molecular weight is 419 g/mol. The SMILES string of the molecule is CC(C)/C=C/[C@@H](C)[C@H]1CC[C@H]2[C@@H]3CC(=O)[C@@]4(O)C[C@@H](O)C[C@@H](O)[C@]4(C)[C@H]3CC[C@]12C. The predicted octanol–water partition coefficient (Wildman–Crippen LogP) is 4.12. The van der Waals surface area contributed by atoms with Crippen LogP contribution in [0.25, 0.3) is 0 Å². The molecule has 0 amide bonds. The first-order chi connectivity index (χ1) is 13.9. The minimum absolute atomic E-state index is 0.0736. The van der Waals surface area contributed by atoms with Gasteiger partial charge in [-0.15, -0.1) is 0 Å². The molecule has 0 unspecified atom stereocenters. The van der Waals surface area contributed by atoms with Crippen molar-refractivity contribution in [1.82, 2.24) is 0 Å². The van der Waals surface area contributed by atoms with Crippen LogP contribution in [0.5, 0.6) is 0 Å². The number of aliphatic hydroxyl groups is 3. The lowest BCUT2D eigenvalue weighted by atomic mass is 9.42. The third-order valence-electron chi connectivity index (χ3n) is 10.2. The second kappa shape index (κ2) is 7.42. The summed E-state index contributed by atoms with van der Waals surface area (Å²) in [6.07, 6.45) is 8.20. The molecule has 0 aromatic heterocycles. The van der Waals surface area contributed by atoms with Crippen molar-refractivity contribution in [3.8, 4) is 0 Å². The van der Waals surface area contributed by atoms with Crippen molar-refractivity contribution in [2.45, 2.75) is 97.4 Å². The molecule has 30 heavy (non-hydrogen) atoms. The van der Waals surface area contributed by atoms with Gasteiger partial charge >= 0.3 is 0 Å². The van der Waals surface area contributed by atoms with E-state index in [1.807, 2.05) is 6.92 Å². The molecule has 4 saturated carbocycles. The molecule has 3 N–H and O–H groups in total. The summed E-state index contributed by atoms with van der Waals surface area (Å²) in [6.45, 7) is 11.2. The highest BCUT2D eigenvalue weighted by molar-refractivity contribution is 5.90. The van der Waals surface area contributed by atoms with Crippen molar-refractivity contribution < 1.29 is 20.1 Å². The van der Waals surface area contributed by atoms with E-state index < -0.39 is 23.2 Å². The van der Waals surface area contributed by atoms with Crippen molar-refractivity contribution in [2.75, 3.05) is 0 Å². The smallest absolute Gasteiger partial charge is 0.165 e. The van der Waals surface area contributed by atoms with E-state index in [1.54, 1.807) is 0 Å². The van der Waals surface area contributed by atoms with Crippen LogP contribution in [0, 0.1) is 46.3 Å². The fourth-order valence-corrected chi connectivity index (χ4v) is 8.53. The number of aliphatic hydroxyl groups excluding tert-OH is 2. The Kier molecular flexibility index (Phi) is 5.56. The minimum Gasteiger partial charge on any atom is -0.393 e. The summed E-state index contributed by atoms with van der Waals surface area (Å²) in [5.74, 6) is 2.41. The maximum absolute atomic E-state index is 13.3. The number of carbonyl (C=O) groups excluding carboxylic acids is 1. The number of rotatable bonds is 3. The first-order valence-corrected chi connectivity index (χ1v) is 12.2. The Labute approximate surface area is 182 Å². The van der Waals surface area contributed by atoms with Gasteiger partial charge in [0.25, 0.3) is 0 Å².